The molecule has 2 aromatic rings. The first-order chi connectivity index (χ1) is 10.6. The molecular formula is C16H20N2O4. The number of ether oxygens (including phenoxy) is 2. The minimum absolute atomic E-state index is 0.249. The Morgan fingerprint density at radius 3 is 2.77 bits per heavy atom. The summed E-state index contributed by atoms with van der Waals surface area (Å²) < 4.78 is 10.1. The van der Waals surface area contributed by atoms with Crippen molar-refractivity contribution in [3.8, 4) is 5.75 Å². The van der Waals surface area contributed by atoms with Crippen LogP contribution in [0.1, 0.15) is 18.9 Å². The number of H-pyrrole nitrogens is 1. The molecule has 0 aliphatic carbocycles. The molecule has 0 saturated heterocycles. The quantitative estimate of drug-likeness (QED) is 0.862. The zero-order valence-electron chi connectivity index (χ0n) is 13.0. The number of aromatic nitrogens is 1. The van der Waals surface area contributed by atoms with Crippen LogP contribution in [0.25, 0.3) is 10.9 Å². The van der Waals surface area contributed by atoms with E-state index in [1.807, 2.05) is 25.3 Å². The average Bonchev–Trinajstić information content (AvgIpc) is 2.95. The number of rotatable bonds is 5. The Morgan fingerprint density at radius 1 is 1.32 bits per heavy atom. The lowest BCUT2D eigenvalue weighted by Crippen LogP contribution is -2.29. The van der Waals surface area contributed by atoms with Gasteiger partial charge in [-0.3, -0.25) is 4.79 Å². The lowest BCUT2D eigenvalue weighted by atomic mass is 10.1. The van der Waals surface area contributed by atoms with Gasteiger partial charge in [-0.05, 0) is 25.0 Å². The fourth-order valence-corrected chi connectivity index (χ4v) is 2.12. The summed E-state index contributed by atoms with van der Waals surface area (Å²) in [5, 5.41) is 0.938. The van der Waals surface area contributed by atoms with Crippen LogP contribution in [0.3, 0.4) is 0 Å². The Bertz CT molecular complexity index is 678. The van der Waals surface area contributed by atoms with Crippen molar-refractivity contribution in [3.63, 3.8) is 0 Å². The van der Waals surface area contributed by atoms with Crippen LogP contribution in [0.2, 0.25) is 0 Å². The molecule has 2 rings (SSSR count). The van der Waals surface area contributed by atoms with Crippen LogP contribution in [0.4, 0.5) is 4.79 Å². The third-order valence-electron chi connectivity index (χ3n) is 3.57. The van der Waals surface area contributed by atoms with Crippen molar-refractivity contribution in [1.29, 1.82) is 0 Å². The van der Waals surface area contributed by atoms with Crippen LogP contribution >= 0.6 is 0 Å². The van der Waals surface area contributed by atoms with Crippen molar-refractivity contribution < 1.29 is 19.1 Å². The van der Waals surface area contributed by atoms with E-state index in [0.29, 0.717) is 25.1 Å². The zero-order valence-corrected chi connectivity index (χ0v) is 13.0. The van der Waals surface area contributed by atoms with E-state index in [9.17, 15) is 9.59 Å². The molecule has 6 heteroatoms. The Kier molecular flexibility index (Phi) is 5.04. The summed E-state index contributed by atoms with van der Waals surface area (Å²) in [7, 11) is 3.05. The van der Waals surface area contributed by atoms with Crippen molar-refractivity contribution in [2.75, 3.05) is 20.7 Å². The summed E-state index contributed by atoms with van der Waals surface area (Å²) in [5.74, 6) is 0.230. The molecule has 0 spiro atoms. The van der Waals surface area contributed by atoms with Crippen LogP contribution in [-0.4, -0.2) is 42.6 Å². The van der Waals surface area contributed by atoms with Gasteiger partial charge in [0.05, 0.1) is 12.6 Å². The van der Waals surface area contributed by atoms with Crippen molar-refractivity contribution in [3.05, 3.63) is 30.0 Å². The van der Waals surface area contributed by atoms with Gasteiger partial charge in [0.2, 0.25) is 0 Å². The summed E-state index contributed by atoms with van der Waals surface area (Å²) in [6.45, 7) is 2.45. The van der Waals surface area contributed by atoms with Gasteiger partial charge >= 0.3 is 12.1 Å². The Hall–Kier alpha value is -2.50. The van der Waals surface area contributed by atoms with Crippen molar-refractivity contribution in [2.24, 2.45) is 0 Å². The van der Waals surface area contributed by atoms with E-state index >= 15 is 0 Å². The first-order valence-corrected chi connectivity index (χ1v) is 7.15. The predicted octanol–water partition coefficient (Wildman–Crippen LogP) is 2.72. The number of fused-ring (bicyclic) bond motifs is 1. The van der Waals surface area contributed by atoms with Crippen LogP contribution in [0.15, 0.2) is 24.4 Å². The highest BCUT2D eigenvalue weighted by Gasteiger charge is 2.14. The highest BCUT2D eigenvalue weighted by molar-refractivity contribution is 5.90. The van der Waals surface area contributed by atoms with Gasteiger partial charge in [0, 0.05) is 31.6 Å². The van der Waals surface area contributed by atoms with Gasteiger partial charge in [0.25, 0.3) is 0 Å². The molecule has 1 heterocycles. The molecule has 0 bridgehead atoms. The van der Waals surface area contributed by atoms with Gasteiger partial charge in [-0.2, -0.15) is 0 Å². The first-order valence-electron chi connectivity index (χ1n) is 7.15. The van der Waals surface area contributed by atoms with E-state index in [1.54, 1.807) is 13.1 Å². The Labute approximate surface area is 129 Å². The van der Waals surface area contributed by atoms with Gasteiger partial charge in [0.15, 0.2) is 5.75 Å². The lowest BCUT2D eigenvalue weighted by molar-refractivity contribution is -0.140. The number of carbonyl (C=O) groups is 2. The van der Waals surface area contributed by atoms with Gasteiger partial charge in [-0.25, -0.2) is 4.79 Å². The maximum absolute atomic E-state index is 11.9. The highest BCUT2D eigenvalue weighted by Crippen LogP contribution is 2.28. The maximum atomic E-state index is 11.9. The summed E-state index contributed by atoms with van der Waals surface area (Å²) in [6.07, 6.45) is 2.31. The van der Waals surface area contributed by atoms with Crippen LogP contribution < -0.4 is 4.74 Å². The standard InChI is InChI=1S/C16H20N2O4/c1-4-18(2)16(20)22-13-7-5-6-12-11(10-17-15(12)13)8-9-14(19)21-3/h5-7,10,17H,4,8-9H2,1-3H3. The average molecular weight is 304 g/mol. The number of nitrogens with one attached hydrogen (secondary N) is 1. The molecule has 1 aromatic heterocycles. The molecule has 0 fully saturated rings. The number of carbonyl (C=O) groups excluding carboxylic acids is 2. The number of nitrogens with zero attached hydrogens (tertiary/aromatic N) is 1. The van der Waals surface area contributed by atoms with E-state index in [1.165, 1.54) is 12.0 Å². The molecule has 118 valence electrons. The molecule has 1 amide bonds. The second-order valence-corrected chi connectivity index (χ2v) is 4.95. The largest absolute Gasteiger partial charge is 0.469 e. The fourth-order valence-electron chi connectivity index (χ4n) is 2.12. The van der Waals surface area contributed by atoms with E-state index in [2.05, 4.69) is 9.72 Å². The fraction of sp³-hybridized carbons (Fsp3) is 0.375. The number of benzene rings is 1. The molecule has 0 unspecified atom stereocenters. The number of para-hydroxylation sites is 1. The smallest absolute Gasteiger partial charge is 0.415 e. The molecule has 1 aromatic carbocycles. The molecule has 0 atom stereocenters. The summed E-state index contributed by atoms with van der Waals surface area (Å²) >= 11 is 0. The number of esters is 1. The van der Waals surface area contributed by atoms with Gasteiger partial charge in [0.1, 0.15) is 0 Å². The molecule has 22 heavy (non-hydrogen) atoms. The van der Waals surface area contributed by atoms with Crippen molar-refractivity contribution in [1.82, 2.24) is 9.88 Å². The summed E-state index contributed by atoms with van der Waals surface area (Å²) in [4.78, 5) is 27.7. The molecule has 0 saturated carbocycles. The van der Waals surface area contributed by atoms with E-state index in [-0.39, 0.29) is 5.97 Å². The summed E-state index contributed by atoms with van der Waals surface area (Å²) in [5.41, 5.74) is 1.74. The van der Waals surface area contributed by atoms with Gasteiger partial charge < -0.3 is 19.4 Å². The van der Waals surface area contributed by atoms with Crippen LogP contribution in [-0.2, 0) is 16.0 Å². The maximum Gasteiger partial charge on any atom is 0.415 e. The zero-order chi connectivity index (χ0) is 16.1. The number of methoxy groups -OCH3 is 1. The molecule has 0 aliphatic rings. The lowest BCUT2D eigenvalue weighted by Gasteiger charge is -2.14. The third kappa shape index (κ3) is 3.39. The van der Waals surface area contributed by atoms with Crippen LogP contribution in [0.5, 0.6) is 5.75 Å². The predicted molar refractivity (Wildman–Crippen MR) is 83.0 cm³/mol. The Balaban J connectivity index is 2.22. The SMILES string of the molecule is CCN(C)C(=O)Oc1cccc2c(CCC(=O)OC)c[nH]c12. The van der Waals surface area contributed by atoms with Crippen molar-refractivity contribution in [2.45, 2.75) is 19.8 Å². The van der Waals surface area contributed by atoms with Crippen molar-refractivity contribution >= 4 is 23.0 Å². The van der Waals surface area contributed by atoms with Crippen LogP contribution in [0, 0.1) is 0 Å². The number of hydrogen-bond donors (Lipinski definition) is 1. The molecule has 0 radical (unpaired) electrons. The van der Waals surface area contributed by atoms with Gasteiger partial charge in [-0.15, -0.1) is 0 Å². The number of aryl methyl sites for hydroxylation is 1. The van der Waals surface area contributed by atoms with E-state index in [4.69, 9.17) is 4.74 Å². The number of amides is 1. The van der Waals surface area contributed by atoms with Gasteiger partial charge in [-0.1, -0.05) is 12.1 Å². The second-order valence-electron chi connectivity index (χ2n) is 4.95. The van der Waals surface area contributed by atoms with E-state index < -0.39 is 6.09 Å². The molecular weight excluding hydrogens is 284 g/mol. The Morgan fingerprint density at radius 2 is 2.09 bits per heavy atom. The monoisotopic (exact) mass is 304 g/mol. The second kappa shape index (κ2) is 6.98. The number of aromatic amines is 1. The summed E-state index contributed by atoms with van der Waals surface area (Å²) in [6, 6.07) is 5.50. The first kappa shape index (κ1) is 15.9. The third-order valence-corrected chi connectivity index (χ3v) is 3.57. The van der Waals surface area contributed by atoms with E-state index in [0.717, 1.165) is 16.5 Å². The minimum atomic E-state index is -0.402. The molecule has 0 aliphatic heterocycles. The normalized spacial score (nSPS) is 10.5. The minimum Gasteiger partial charge on any atom is -0.469 e. The highest BCUT2D eigenvalue weighted by atomic mass is 16.6. The molecule has 6 nitrogen and oxygen atoms in total. The molecule has 1 N–H and O–H groups in total. The topological polar surface area (TPSA) is 71.6 Å². The number of hydrogen-bond acceptors (Lipinski definition) is 4.